The van der Waals surface area contributed by atoms with Crippen molar-refractivity contribution >= 4 is 29.2 Å². The third-order valence-electron chi connectivity index (χ3n) is 6.68. The predicted octanol–water partition coefficient (Wildman–Crippen LogP) is 6.20. The van der Waals surface area contributed by atoms with E-state index < -0.39 is 79.4 Å². The number of likely N-dealkylation sites (N-methyl/N-ethyl adjacent to an activating group) is 1. The molecule has 0 saturated carbocycles. The molecule has 3 atom stereocenters. The zero-order chi connectivity index (χ0) is 32.2. The van der Waals surface area contributed by atoms with Crippen molar-refractivity contribution in [2.75, 3.05) is 11.9 Å². The molecule has 0 bridgehead atoms. The fourth-order valence-corrected chi connectivity index (χ4v) is 4.70. The van der Waals surface area contributed by atoms with Gasteiger partial charge in [0.25, 0.3) is 5.91 Å². The Balaban J connectivity index is 2.05. The number of alkyl halides is 6. The Hall–Kier alpha value is -3.90. The molecule has 1 aliphatic heterocycles. The number of hydrogen-bond donors (Lipinski definition) is 1. The van der Waals surface area contributed by atoms with E-state index in [0.717, 1.165) is 0 Å². The van der Waals surface area contributed by atoms with Gasteiger partial charge in [-0.25, -0.2) is 4.99 Å². The average Bonchev–Trinajstić information content (AvgIpc) is 2.99. The molecule has 0 aliphatic carbocycles. The summed E-state index contributed by atoms with van der Waals surface area (Å²) < 4.78 is 84.7. The Morgan fingerprint density at radius 1 is 0.884 bits per heavy atom. The van der Waals surface area contributed by atoms with Gasteiger partial charge in [0.1, 0.15) is 5.60 Å². The number of carbonyl (C=O) groups is 3. The summed E-state index contributed by atoms with van der Waals surface area (Å²) in [5.41, 5.74) is 0.651. The van der Waals surface area contributed by atoms with E-state index in [9.17, 15) is 40.7 Å². The molecule has 43 heavy (non-hydrogen) atoms. The van der Waals surface area contributed by atoms with E-state index in [1.54, 1.807) is 54.6 Å². The summed E-state index contributed by atoms with van der Waals surface area (Å²) in [6.45, 7) is 4.32. The minimum absolute atomic E-state index is 0.298. The number of ether oxygens (including phenoxy) is 1. The standard InChI is InChI=1S/C30H33F6N3O4/c1-28(2,3)43-27(42)20(15-17-30(34,35)36)19(14-16-29(31,32)33)25(40)38-24-26(41)39(4)22-13-9-8-12-21(22)23(37-24)18-10-6-5-7-11-18/h5-13,19-20,24H,14-17H2,1-4H3,(H,38,40)/t19-,20-,24-/m1/s1. The molecule has 1 aliphatic rings. The van der Waals surface area contributed by atoms with Gasteiger partial charge in [0.05, 0.1) is 23.2 Å². The highest BCUT2D eigenvalue weighted by atomic mass is 19.4. The molecule has 7 nitrogen and oxygen atoms in total. The molecule has 2 aromatic carbocycles. The topological polar surface area (TPSA) is 88.1 Å². The summed E-state index contributed by atoms with van der Waals surface area (Å²) in [5, 5.41) is 2.33. The molecule has 0 spiro atoms. The van der Waals surface area contributed by atoms with Crippen molar-refractivity contribution in [3.05, 3.63) is 65.7 Å². The van der Waals surface area contributed by atoms with E-state index in [2.05, 4.69) is 10.3 Å². The van der Waals surface area contributed by atoms with Crippen LogP contribution in [0.5, 0.6) is 0 Å². The zero-order valence-corrected chi connectivity index (χ0v) is 24.1. The molecule has 0 aromatic heterocycles. The number of amides is 2. The van der Waals surface area contributed by atoms with Gasteiger partial charge in [-0.05, 0) is 39.7 Å². The smallest absolute Gasteiger partial charge is 0.389 e. The Morgan fingerprint density at radius 3 is 1.98 bits per heavy atom. The van der Waals surface area contributed by atoms with Crippen LogP contribution in [0.2, 0.25) is 0 Å². The highest BCUT2D eigenvalue weighted by Crippen LogP contribution is 2.35. The van der Waals surface area contributed by atoms with Gasteiger partial charge < -0.3 is 15.0 Å². The number of para-hydroxylation sites is 1. The third kappa shape index (κ3) is 9.55. The lowest BCUT2D eigenvalue weighted by Gasteiger charge is -2.30. The first-order chi connectivity index (χ1) is 19.9. The Morgan fingerprint density at radius 2 is 1.42 bits per heavy atom. The van der Waals surface area contributed by atoms with Crippen LogP contribution >= 0.6 is 0 Å². The number of benzene rings is 2. The molecular weight excluding hydrogens is 580 g/mol. The number of fused-ring (bicyclic) bond motifs is 1. The van der Waals surface area contributed by atoms with Gasteiger partial charge in [-0.3, -0.25) is 14.4 Å². The van der Waals surface area contributed by atoms with Crippen LogP contribution in [0.4, 0.5) is 32.0 Å². The summed E-state index contributed by atoms with van der Waals surface area (Å²) in [5.74, 6) is -7.00. The Bertz CT molecular complexity index is 1340. The second-order valence-corrected chi connectivity index (χ2v) is 11.2. The quantitative estimate of drug-likeness (QED) is 0.270. The van der Waals surface area contributed by atoms with E-state index in [0.29, 0.717) is 22.5 Å². The number of nitrogens with zero attached hydrogens (tertiary/aromatic N) is 2. The number of nitrogens with one attached hydrogen (secondary N) is 1. The van der Waals surface area contributed by atoms with Gasteiger partial charge in [-0.15, -0.1) is 0 Å². The molecule has 234 valence electrons. The number of carbonyl (C=O) groups excluding carboxylic acids is 3. The Kier molecular flexibility index (Phi) is 10.3. The molecule has 0 unspecified atom stereocenters. The molecule has 2 amide bonds. The lowest BCUT2D eigenvalue weighted by atomic mass is 9.83. The molecule has 3 rings (SSSR count). The molecule has 13 heteroatoms. The summed E-state index contributed by atoms with van der Waals surface area (Å²) in [7, 11) is 1.43. The van der Waals surface area contributed by atoms with E-state index in [-0.39, 0.29) is 0 Å². The average molecular weight is 614 g/mol. The number of anilines is 1. The highest BCUT2D eigenvalue weighted by Gasteiger charge is 2.43. The zero-order valence-electron chi connectivity index (χ0n) is 24.1. The van der Waals surface area contributed by atoms with Gasteiger partial charge in [0.2, 0.25) is 12.1 Å². The maximum Gasteiger partial charge on any atom is 0.389 e. The van der Waals surface area contributed by atoms with Gasteiger partial charge in [-0.2, -0.15) is 26.3 Å². The summed E-state index contributed by atoms with van der Waals surface area (Å²) >= 11 is 0. The predicted molar refractivity (Wildman–Crippen MR) is 147 cm³/mol. The second-order valence-electron chi connectivity index (χ2n) is 11.2. The molecule has 2 aromatic rings. The largest absolute Gasteiger partial charge is 0.460 e. The maximum absolute atomic E-state index is 13.6. The van der Waals surface area contributed by atoms with Crippen molar-refractivity contribution in [2.24, 2.45) is 16.8 Å². The normalized spacial score (nSPS) is 17.3. The number of benzodiazepines with no additional fused rings is 1. The molecule has 0 fully saturated rings. The lowest BCUT2D eigenvalue weighted by Crippen LogP contribution is -2.50. The number of rotatable bonds is 9. The Labute approximate surface area is 245 Å². The van der Waals surface area contributed by atoms with Crippen LogP contribution in [0.3, 0.4) is 0 Å². The van der Waals surface area contributed by atoms with Crippen molar-refractivity contribution in [2.45, 2.75) is 70.6 Å². The van der Waals surface area contributed by atoms with Crippen LogP contribution in [0.1, 0.15) is 57.6 Å². The SMILES string of the molecule is CN1C(=O)[C@@H](NC(=O)[C@H](CCC(F)(F)F)[C@@H](CCC(F)(F)F)C(=O)OC(C)(C)C)N=C(c2ccccc2)c2ccccc21. The molecule has 1 heterocycles. The van der Waals surface area contributed by atoms with Crippen molar-refractivity contribution in [3.63, 3.8) is 0 Å². The van der Waals surface area contributed by atoms with Crippen molar-refractivity contribution in [1.29, 1.82) is 0 Å². The fourth-order valence-electron chi connectivity index (χ4n) is 4.70. The fraction of sp³-hybridized carbons (Fsp3) is 0.467. The van der Waals surface area contributed by atoms with Crippen molar-refractivity contribution in [3.8, 4) is 0 Å². The van der Waals surface area contributed by atoms with Crippen LogP contribution in [-0.4, -0.2) is 54.7 Å². The first-order valence-electron chi connectivity index (χ1n) is 13.5. The molecule has 1 N–H and O–H groups in total. The minimum Gasteiger partial charge on any atom is -0.460 e. The maximum atomic E-state index is 13.6. The van der Waals surface area contributed by atoms with Crippen LogP contribution in [0.25, 0.3) is 0 Å². The summed E-state index contributed by atoms with van der Waals surface area (Å²) in [6, 6.07) is 15.4. The molecule has 0 saturated heterocycles. The summed E-state index contributed by atoms with van der Waals surface area (Å²) in [4.78, 5) is 45.9. The number of hydrogen-bond acceptors (Lipinski definition) is 5. The molecule has 0 radical (unpaired) electrons. The van der Waals surface area contributed by atoms with Crippen LogP contribution in [0.15, 0.2) is 59.6 Å². The first kappa shape index (κ1) is 33.6. The molecular formula is C30H33F6N3O4. The minimum atomic E-state index is -4.78. The number of aliphatic imine (C=N–C) groups is 1. The highest BCUT2D eigenvalue weighted by molar-refractivity contribution is 6.20. The van der Waals surface area contributed by atoms with Crippen molar-refractivity contribution < 1.29 is 45.5 Å². The lowest BCUT2D eigenvalue weighted by molar-refractivity contribution is -0.171. The van der Waals surface area contributed by atoms with E-state index in [1.807, 2.05) is 0 Å². The van der Waals surface area contributed by atoms with Crippen molar-refractivity contribution in [1.82, 2.24) is 5.32 Å². The van der Waals surface area contributed by atoms with Gasteiger partial charge in [0, 0.05) is 31.0 Å². The van der Waals surface area contributed by atoms with Gasteiger partial charge in [0.15, 0.2) is 0 Å². The number of halogens is 6. The van der Waals surface area contributed by atoms with Crippen LogP contribution in [-0.2, 0) is 19.1 Å². The van der Waals surface area contributed by atoms with E-state index in [1.165, 1.54) is 32.7 Å². The van der Waals surface area contributed by atoms with Crippen LogP contribution in [0, 0.1) is 11.8 Å². The van der Waals surface area contributed by atoms with E-state index in [4.69, 9.17) is 4.74 Å². The first-order valence-corrected chi connectivity index (χ1v) is 13.5. The van der Waals surface area contributed by atoms with Gasteiger partial charge >= 0.3 is 18.3 Å². The summed E-state index contributed by atoms with van der Waals surface area (Å²) in [6.07, 6.45) is -16.3. The second kappa shape index (κ2) is 13.2. The third-order valence-corrected chi connectivity index (χ3v) is 6.68. The van der Waals surface area contributed by atoms with Gasteiger partial charge in [-0.1, -0.05) is 48.5 Å². The monoisotopic (exact) mass is 613 g/mol. The van der Waals surface area contributed by atoms with E-state index >= 15 is 0 Å². The van der Waals surface area contributed by atoms with Crippen LogP contribution < -0.4 is 10.2 Å². The number of esters is 1.